The van der Waals surface area contributed by atoms with Gasteiger partial charge in [0.05, 0.1) is 12.7 Å². The fourth-order valence-corrected chi connectivity index (χ4v) is 1.83. The molecule has 2 rings (SSSR count). The van der Waals surface area contributed by atoms with E-state index in [1.807, 2.05) is 0 Å². The molecule has 0 aliphatic heterocycles. The predicted molar refractivity (Wildman–Crippen MR) is 76.6 cm³/mol. The van der Waals surface area contributed by atoms with Crippen molar-refractivity contribution in [3.05, 3.63) is 53.3 Å². The molecule has 0 aliphatic carbocycles. The van der Waals surface area contributed by atoms with Crippen LogP contribution in [-0.4, -0.2) is 18.1 Å². The van der Waals surface area contributed by atoms with Gasteiger partial charge in [-0.15, -0.1) is 0 Å². The van der Waals surface area contributed by atoms with Gasteiger partial charge in [-0.3, -0.25) is 4.79 Å². The summed E-state index contributed by atoms with van der Waals surface area (Å²) in [5, 5.41) is 12.2. The third-order valence-electron chi connectivity index (χ3n) is 2.93. The Morgan fingerprint density at radius 3 is 2.76 bits per heavy atom. The molecule has 2 aromatic rings. The summed E-state index contributed by atoms with van der Waals surface area (Å²) in [6, 6.07) is 8.61. The summed E-state index contributed by atoms with van der Waals surface area (Å²) in [6.45, 7) is 0.119. The Balaban J connectivity index is 2.07. The third kappa shape index (κ3) is 3.42. The fourth-order valence-electron chi connectivity index (χ4n) is 1.83. The van der Waals surface area contributed by atoms with Crippen molar-refractivity contribution in [2.75, 3.05) is 12.8 Å². The predicted octanol–water partition coefficient (Wildman–Crippen LogP) is 2.05. The zero-order valence-electron chi connectivity index (χ0n) is 11.4. The van der Waals surface area contributed by atoms with E-state index in [9.17, 15) is 14.3 Å². The second-order valence-corrected chi connectivity index (χ2v) is 4.43. The lowest BCUT2D eigenvalue weighted by Gasteiger charge is -2.09. The summed E-state index contributed by atoms with van der Waals surface area (Å²) in [5.74, 6) is -1.02. The number of rotatable bonds is 4. The van der Waals surface area contributed by atoms with Gasteiger partial charge in [-0.2, -0.15) is 0 Å². The molecular weight excluding hydrogens is 275 g/mol. The number of aromatic hydroxyl groups is 1. The molecule has 0 atom stereocenters. The summed E-state index contributed by atoms with van der Waals surface area (Å²) in [4.78, 5) is 12.0. The Morgan fingerprint density at radius 2 is 2.10 bits per heavy atom. The van der Waals surface area contributed by atoms with E-state index in [4.69, 9.17) is 10.5 Å². The highest BCUT2D eigenvalue weighted by Crippen LogP contribution is 2.20. The van der Waals surface area contributed by atoms with Crippen LogP contribution in [0.15, 0.2) is 36.4 Å². The van der Waals surface area contributed by atoms with E-state index in [0.717, 1.165) is 0 Å². The number of phenols is 1. The second-order valence-electron chi connectivity index (χ2n) is 4.43. The molecule has 6 heteroatoms. The van der Waals surface area contributed by atoms with Crippen LogP contribution in [0.4, 0.5) is 10.1 Å². The van der Waals surface area contributed by atoms with Gasteiger partial charge in [0.1, 0.15) is 5.75 Å². The Kier molecular flexibility index (Phi) is 4.27. The minimum atomic E-state index is -0.504. The SMILES string of the molecule is COc1ccc(CNC(=O)c2cc(N)ccc2O)cc1F. The van der Waals surface area contributed by atoms with Crippen LogP contribution >= 0.6 is 0 Å². The lowest BCUT2D eigenvalue weighted by molar-refractivity contribution is 0.0948. The first-order valence-electron chi connectivity index (χ1n) is 6.20. The number of hydrogen-bond donors (Lipinski definition) is 3. The molecule has 0 aromatic heterocycles. The largest absolute Gasteiger partial charge is 0.507 e. The van der Waals surface area contributed by atoms with Crippen LogP contribution in [0, 0.1) is 5.82 Å². The smallest absolute Gasteiger partial charge is 0.255 e. The van der Waals surface area contributed by atoms with Gasteiger partial charge in [0.15, 0.2) is 11.6 Å². The van der Waals surface area contributed by atoms with E-state index in [2.05, 4.69) is 5.32 Å². The number of ether oxygens (including phenoxy) is 1. The van der Waals surface area contributed by atoms with Crippen LogP contribution in [0.5, 0.6) is 11.5 Å². The molecule has 0 fully saturated rings. The zero-order chi connectivity index (χ0) is 15.4. The molecule has 0 aliphatic rings. The molecule has 1 amide bonds. The average molecular weight is 290 g/mol. The number of nitrogens with two attached hydrogens (primary N) is 1. The van der Waals surface area contributed by atoms with E-state index in [0.29, 0.717) is 11.3 Å². The third-order valence-corrected chi connectivity index (χ3v) is 2.93. The van der Waals surface area contributed by atoms with Crippen molar-refractivity contribution in [1.29, 1.82) is 0 Å². The number of halogens is 1. The highest BCUT2D eigenvalue weighted by atomic mass is 19.1. The van der Waals surface area contributed by atoms with E-state index in [1.165, 1.54) is 37.4 Å². The lowest BCUT2D eigenvalue weighted by Crippen LogP contribution is -2.23. The van der Waals surface area contributed by atoms with Crippen molar-refractivity contribution < 1.29 is 19.0 Å². The maximum Gasteiger partial charge on any atom is 0.255 e. The van der Waals surface area contributed by atoms with Gasteiger partial charge in [-0.1, -0.05) is 6.07 Å². The highest BCUT2D eigenvalue weighted by molar-refractivity contribution is 5.97. The molecule has 21 heavy (non-hydrogen) atoms. The van der Waals surface area contributed by atoms with Gasteiger partial charge in [0.2, 0.25) is 0 Å². The van der Waals surface area contributed by atoms with Gasteiger partial charge in [0.25, 0.3) is 5.91 Å². The fraction of sp³-hybridized carbons (Fsp3) is 0.133. The number of phenolic OH excluding ortho intramolecular Hbond substituents is 1. The molecule has 0 bridgehead atoms. The molecule has 110 valence electrons. The van der Waals surface area contributed by atoms with Gasteiger partial charge in [0, 0.05) is 12.2 Å². The standard InChI is InChI=1S/C15H15FN2O3/c1-21-14-5-2-9(6-12(14)16)8-18-15(20)11-7-10(17)3-4-13(11)19/h2-7,19H,8,17H2,1H3,(H,18,20). The number of amides is 1. The Hall–Kier alpha value is -2.76. The molecule has 0 saturated carbocycles. The van der Waals surface area contributed by atoms with Gasteiger partial charge in [-0.25, -0.2) is 4.39 Å². The van der Waals surface area contributed by atoms with Crippen molar-refractivity contribution in [3.63, 3.8) is 0 Å². The van der Waals surface area contributed by atoms with Crippen molar-refractivity contribution in [3.8, 4) is 11.5 Å². The molecule has 5 nitrogen and oxygen atoms in total. The van der Waals surface area contributed by atoms with Crippen LogP contribution in [0.25, 0.3) is 0 Å². The summed E-state index contributed by atoms with van der Waals surface area (Å²) in [7, 11) is 1.38. The quantitative estimate of drug-likeness (QED) is 0.594. The van der Waals surface area contributed by atoms with Crippen LogP contribution in [-0.2, 0) is 6.54 Å². The molecule has 0 spiro atoms. The molecule has 2 aromatic carbocycles. The first kappa shape index (κ1) is 14.6. The van der Waals surface area contributed by atoms with Crippen LogP contribution in [0.3, 0.4) is 0 Å². The topological polar surface area (TPSA) is 84.6 Å². The van der Waals surface area contributed by atoms with Crippen molar-refractivity contribution >= 4 is 11.6 Å². The highest BCUT2D eigenvalue weighted by Gasteiger charge is 2.11. The first-order valence-corrected chi connectivity index (χ1v) is 6.20. The normalized spacial score (nSPS) is 10.2. The minimum Gasteiger partial charge on any atom is -0.507 e. The maximum absolute atomic E-state index is 13.5. The number of benzene rings is 2. The first-order chi connectivity index (χ1) is 10.0. The molecule has 0 radical (unpaired) electrons. The summed E-state index contributed by atoms with van der Waals surface area (Å²) < 4.78 is 18.3. The van der Waals surface area contributed by atoms with Crippen LogP contribution < -0.4 is 15.8 Å². The van der Waals surface area contributed by atoms with Crippen molar-refractivity contribution in [2.24, 2.45) is 0 Å². The lowest BCUT2D eigenvalue weighted by atomic mass is 10.1. The number of nitrogen functional groups attached to an aromatic ring is 1. The molecular formula is C15H15FN2O3. The number of hydrogen-bond acceptors (Lipinski definition) is 4. The minimum absolute atomic E-state index is 0.0731. The molecule has 0 saturated heterocycles. The van der Waals surface area contributed by atoms with Gasteiger partial charge in [-0.05, 0) is 35.9 Å². The number of carbonyl (C=O) groups excluding carboxylic acids is 1. The number of methoxy groups -OCH3 is 1. The Labute approximate surface area is 121 Å². The second kappa shape index (κ2) is 6.13. The van der Waals surface area contributed by atoms with Crippen molar-refractivity contribution in [2.45, 2.75) is 6.54 Å². The number of anilines is 1. The molecule has 0 unspecified atom stereocenters. The summed E-state index contributed by atoms with van der Waals surface area (Å²) >= 11 is 0. The molecule has 0 heterocycles. The van der Waals surface area contributed by atoms with Crippen molar-refractivity contribution in [1.82, 2.24) is 5.32 Å². The van der Waals surface area contributed by atoms with E-state index in [-0.39, 0.29) is 23.6 Å². The van der Waals surface area contributed by atoms with Crippen LogP contribution in [0.1, 0.15) is 15.9 Å². The Bertz CT molecular complexity index is 674. The van der Waals surface area contributed by atoms with Gasteiger partial charge >= 0.3 is 0 Å². The average Bonchev–Trinajstić information content (AvgIpc) is 2.47. The maximum atomic E-state index is 13.5. The molecule has 4 N–H and O–H groups in total. The van der Waals surface area contributed by atoms with E-state index in [1.54, 1.807) is 6.07 Å². The summed E-state index contributed by atoms with van der Waals surface area (Å²) in [6.07, 6.45) is 0. The van der Waals surface area contributed by atoms with Crippen LogP contribution in [0.2, 0.25) is 0 Å². The zero-order valence-corrected chi connectivity index (χ0v) is 11.4. The Morgan fingerprint density at radius 1 is 1.33 bits per heavy atom. The number of carbonyl (C=O) groups is 1. The monoisotopic (exact) mass is 290 g/mol. The van der Waals surface area contributed by atoms with Gasteiger partial charge < -0.3 is 20.9 Å². The van der Waals surface area contributed by atoms with E-state index >= 15 is 0 Å². The number of nitrogens with one attached hydrogen (secondary N) is 1. The van der Waals surface area contributed by atoms with E-state index < -0.39 is 11.7 Å². The summed E-state index contributed by atoms with van der Waals surface area (Å²) in [5.41, 5.74) is 6.59.